The third kappa shape index (κ3) is 6.34. The van der Waals surface area contributed by atoms with Gasteiger partial charge in [0.05, 0.1) is 11.0 Å². The molecule has 0 unspecified atom stereocenters. The number of rotatable bonds is 11. The summed E-state index contributed by atoms with van der Waals surface area (Å²) in [5, 5.41) is 0. The van der Waals surface area contributed by atoms with Crippen LogP contribution in [0.2, 0.25) is 0 Å². The number of nitrogens with zero attached hydrogens (tertiary/aromatic N) is 3. The minimum absolute atomic E-state index is 0.0597. The van der Waals surface area contributed by atoms with Crippen LogP contribution in [-0.4, -0.2) is 40.2 Å². The van der Waals surface area contributed by atoms with E-state index in [9.17, 15) is 4.79 Å². The second-order valence-corrected chi connectivity index (χ2v) is 8.42. The lowest BCUT2D eigenvalue weighted by Crippen LogP contribution is -2.27. The summed E-state index contributed by atoms with van der Waals surface area (Å²) in [7, 11) is 2.08. The SMILES string of the molecule is CC(=O)/C=C/c1ccc(CCCc2nc3cc(N(CCCl)CCCl)ccc3n2C)cc1. The highest BCUT2D eigenvalue weighted by Gasteiger charge is 2.11. The molecule has 164 valence electrons. The van der Waals surface area contributed by atoms with Crippen molar-refractivity contribution in [3.8, 4) is 0 Å². The van der Waals surface area contributed by atoms with Gasteiger partial charge in [-0.3, -0.25) is 4.79 Å². The third-order valence-electron chi connectivity index (χ3n) is 5.39. The molecule has 3 rings (SSSR count). The van der Waals surface area contributed by atoms with Gasteiger partial charge in [-0.15, -0.1) is 23.2 Å². The summed E-state index contributed by atoms with van der Waals surface area (Å²) >= 11 is 11.9. The van der Waals surface area contributed by atoms with Gasteiger partial charge in [-0.1, -0.05) is 30.3 Å². The van der Waals surface area contributed by atoms with Crippen molar-refractivity contribution in [2.75, 3.05) is 29.7 Å². The Morgan fingerprint density at radius 3 is 2.42 bits per heavy atom. The number of aromatic nitrogens is 2. The smallest absolute Gasteiger partial charge is 0.152 e. The molecule has 0 N–H and O–H groups in total. The Labute approximate surface area is 194 Å². The zero-order valence-corrected chi connectivity index (χ0v) is 19.7. The molecule has 0 aliphatic carbocycles. The van der Waals surface area contributed by atoms with Gasteiger partial charge in [0.2, 0.25) is 0 Å². The number of allylic oxidation sites excluding steroid dienone is 1. The Bertz CT molecular complexity index is 1030. The van der Waals surface area contributed by atoms with Gasteiger partial charge in [-0.2, -0.15) is 0 Å². The predicted molar refractivity (Wildman–Crippen MR) is 133 cm³/mol. The van der Waals surface area contributed by atoms with Gasteiger partial charge >= 0.3 is 0 Å². The highest BCUT2D eigenvalue weighted by molar-refractivity contribution is 6.18. The van der Waals surface area contributed by atoms with E-state index < -0.39 is 0 Å². The molecule has 4 nitrogen and oxygen atoms in total. The highest BCUT2D eigenvalue weighted by atomic mass is 35.5. The van der Waals surface area contributed by atoms with Crippen LogP contribution in [0, 0.1) is 0 Å². The van der Waals surface area contributed by atoms with Crippen molar-refractivity contribution in [3.05, 3.63) is 65.5 Å². The van der Waals surface area contributed by atoms with Crippen LogP contribution in [-0.2, 0) is 24.7 Å². The Morgan fingerprint density at radius 1 is 1.06 bits per heavy atom. The second-order valence-electron chi connectivity index (χ2n) is 7.66. The summed E-state index contributed by atoms with van der Waals surface area (Å²) < 4.78 is 2.18. The zero-order chi connectivity index (χ0) is 22.2. The third-order valence-corrected chi connectivity index (χ3v) is 5.73. The minimum atomic E-state index is 0.0597. The van der Waals surface area contributed by atoms with Gasteiger partial charge in [-0.25, -0.2) is 4.98 Å². The summed E-state index contributed by atoms with van der Waals surface area (Å²) in [6.45, 7) is 3.09. The summed E-state index contributed by atoms with van der Waals surface area (Å²) in [4.78, 5) is 18.1. The van der Waals surface area contributed by atoms with E-state index in [4.69, 9.17) is 28.2 Å². The zero-order valence-electron chi connectivity index (χ0n) is 18.2. The average molecular weight is 458 g/mol. The molecule has 31 heavy (non-hydrogen) atoms. The lowest BCUT2D eigenvalue weighted by Gasteiger charge is -2.22. The number of ketones is 1. The van der Waals surface area contributed by atoms with E-state index in [1.54, 1.807) is 13.0 Å². The van der Waals surface area contributed by atoms with Crippen LogP contribution in [0.15, 0.2) is 48.5 Å². The summed E-state index contributed by atoms with van der Waals surface area (Å²) in [6, 6.07) is 14.7. The number of alkyl halides is 2. The van der Waals surface area contributed by atoms with Crippen molar-refractivity contribution >= 4 is 51.8 Å². The van der Waals surface area contributed by atoms with Crippen molar-refractivity contribution in [1.82, 2.24) is 9.55 Å². The molecular formula is C25H29Cl2N3O. The number of fused-ring (bicyclic) bond motifs is 1. The molecule has 0 saturated heterocycles. The number of anilines is 1. The first-order valence-electron chi connectivity index (χ1n) is 10.6. The van der Waals surface area contributed by atoms with E-state index in [1.165, 1.54) is 5.56 Å². The monoisotopic (exact) mass is 457 g/mol. The standard InChI is InChI=1S/C25H29Cl2N3O/c1-19(31)6-7-21-10-8-20(9-11-21)4-3-5-25-28-23-18-22(12-13-24(23)29(25)2)30(16-14-26)17-15-27/h6-13,18H,3-5,14-17H2,1-2H3/b7-6+. The average Bonchev–Trinajstić information content (AvgIpc) is 3.08. The fourth-order valence-electron chi connectivity index (χ4n) is 3.69. The molecule has 0 saturated carbocycles. The van der Waals surface area contributed by atoms with Crippen LogP contribution >= 0.6 is 23.2 Å². The first-order chi connectivity index (χ1) is 15.0. The number of halogens is 2. The number of carbonyl (C=O) groups is 1. The van der Waals surface area contributed by atoms with E-state index in [0.717, 1.165) is 60.5 Å². The van der Waals surface area contributed by atoms with Crippen molar-refractivity contribution in [3.63, 3.8) is 0 Å². The second kappa shape index (κ2) is 11.4. The summed E-state index contributed by atoms with van der Waals surface area (Å²) in [5.41, 5.74) is 5.58. The molecule has 1 aromatic heterocycles. The van der Waals surface area contributed by atoms with Crippen LogP contribution in [0.3, 0.4) is 0 Å². The van der Waals surface area contributed by atoms with Gasteiger partial charge in [0.1, 0.15) is 5.82 Å². The molecule has 0 radical (unpaired) electrons. The maximum atomic E-state index is 11.1. The molecule has 1 heterocycles. The topological polar surface area (TPSA) is 38.1 Å². The van der Waals surface area contributed by atoms with Crippen molar-refractivity contribution in [1.29, 1.82) is 0 Å². The summed E-state index contributed by atoms with van der Waals surface area (Å²) in [6.07, 6.45) is 6.37. The highest BCUT2D eigenvalue weighted by Crippen LogP contribution is 2.23. The van der Waals surface area contributed by atoms with E-state index in [-0.39, 0.29) is 5.78 Å². The number of hydrogen-bond donors (Lipinski definition) is 0. The number of carbonyl (C=O) groups excluding carboxylic acids is 1. The molecule has 3 aromatic rings. The van der Waals surface area contributed by atoms with E-state index >= 15 is 0 Å². The minimum Gasteiger partial charge on any atom is -0.369 e. The number of imidazole rings is 1. The van der Waals surface area contributed by atoms with E-state index in [1.807, 2.05) is 6.08 Å². The lowest BCUT2D eigenvalue weighted by atomic mass is 10.1. The van der Waals surface area contributed by atoms with Crippen LogP contribution in [0.4, 0.5) is 5.69 Å². The Morgan fingerprint density at radius 2 is 1.77 bits per heavy atom. The molecule has 0 aliphatic rings. The number of benzene rings is 2. The van der Waals surface area contributed by atoms with Gasteiger partial charge in [-0.05, 0) is 55.2 Å². The molecule has 0 aliphatic heterocycles. The first-order valence-corrected chi connectivity index (χ1v) is 11.7. The van der Waals surface area contributed by atoms with Crippen molar-refractivity contribution in [2.24, 2.45) is 7.05 Å². The quantitative estimate of drug-likeness (QED) is 0.276. The van der Waals surface area contributed by atoms with Crippen LogP contribution in [0.1, 0.15) is 30.3 Å². The molecule has 6 heteroatoms. The fraction of sp³-hybridized carbons (Fsp3) is 0.360. The molecule has 0 amide bonds. The lowest BCUT2D eigenvalue weighted by molar-refractivity contribution is -0.112. The number of hydrogen-bond acceptors (Lipinski definition) is 3. The Kier molecular flexibility index (Phi) is 8.56. The van der Waals surface area contributed by atoms with Crippen LogP contribution in [0.5, 0.6) is 0 Å². The molecule has 0 fully saturated rings. The largest absolute Gasteiger partial charge is 0.369 e. The van der Waals surface area contributed by atoms with E-state index in [2.05, 4.69) is 59.0 Å². The molecule has 0 spiro atoms. The molecular weight excluding hydrogens is 429 g/mol. The van der Waals surface area contributed by atoms with Gasteiger partial charge in [0, 0.05) is 44.0 Å². The van der Waals surface area contributed by atoms with Gasteiger partial charge in [0.15, 0.2) is 5.78 Å². The normalized spacial score (nSPS) is 11.5. The van der Waals surface area contributed by atoms with Crippen molar-refractivity contribution in [2.45, 2.75) is 26.2 Å². The first kappa shape index (κ1) is 23.4. The molecule has 0 atom stereocenters. The maximum absolute atomic E-state index is 11.1. The maximum Gasteiger partial charge on any atom is 0.152 e. The van der Waals surface area contributed by atoms with Gasteiger partial charge in [0.25, 0.3) is 0 Å². The fourth-order valence-corrected chi connectivity index (χ4v) is 4.10. The number of aryl methyl sites for hydroxylation is 3. The Balaban J connectivity index is 1.65. The van der Waals surface area contributed by atoms with Crippen LogP contribution in [0.25, 0.3) is 17.1 Å². The van der Waals surface area contributed by atoms with Crippen LogP contribution < -0.4 is 4.90 Å². The Hall–Kier alpha value is -2.30. The van der Waals surface area contributed by atoms with Crippen molar-refractivity contribution < 1.29 is 4.79 Å². The predicted octanol–water partition coefficient (Wildman–Crippen LogP) is 5.63. The summed E-state index contributed by atoms with van der Waals surface area (Å²) in [5.74, 6) is 2.28. The molecule has 2 aromatic carbocycles. The molecule has 0 bridgehead atoms. The van der Waals surface area contributed by atoms with Gasteiger partial charge < -0.3 is 9.47 Å². The van der Waals surface area contributed by atoms with E-state index in [0.29, 0.717) is 11.8 Å².